The van der Waals surface area contributed by atoms with Gasteiger partial charge in [-0.15, -0.1) is 0 Å². The summed E-state index contributed by atoms with van der Waals surface area (Å²) in [4.78, 5) is 24.6. The molecule has 1 aliphatic rings. The molecule has 20 heavy (non-hydrogen) atoms. The Kier molecular flexibility index (Phi) is 4.70. The van der Waals surface area contributed by atoms with E-state index in [1.807, 2.05) is 18.2 Å². The zero-order valence-electron chi connectivity index (χ0n) is 11.1. The fraction of sp³-hybridized carbons (Fsp3) is 0.429. The largest absolute Gasteiger partial charge is 0.481 e. The number of hydrogen-bond donors (Lipinski definition) is 2. The highest BCUT2D eigenvalue weighted by atomic mass is 16.5. The maximum absolute atomic E-state index is 12.3. The van der Waals surface area contributed by atoms with Gasteiger partial charge in [-0.2, -0.15) is 0 Å². The quantitative estimate of drug-likeness (QED) is 0.831. The molecular weight excluding hydrogens is 260 g/mol. The van der Waals surface area contributed by atoms with Gasteiger partial charge in [0.25, 0.3) is 0 Å². The summed E-state index contributed by atoms with van der Waals surface area (Å²) in [5.41, 5.74) is 6.72. The van der Waals surface area contributed by atoms with Gasteiger partial charge in [-0.05, 0) is 5.56 Å². The van der Waals surface area contributed by atoms with E-state index in [1.165, 1.54) is 0 Å². The average Bonchev–Trinajstić information content (AvgIpc) is 2.46. The number of nitrogens with two attached hydrogens (primary N) is 1. The van der Waals surface area contributed by atoms with E-state index >= 15 is 0 Å². The van der Waals surface area contributed by atoms with Crippen molar-refractivity contribution >= 4 is 11.9 Å². The van der Waals surface area contributed by atoms with E-state index in [0.717, 1.165) is 5.56 Å². The van der Waals surface area contributed by atoms with Crippen LogP contribution < -0.4 is 5.73 Å². The summed E-state index contributed by atoms with van der Waals surface area (Å²) in [5, 5.41) is 8.77. The molecule has 0 spiro atoms. The van der Waals surface area contributed by atoms with Crippen LogP contribution in [0, 0.1) is 0 Å². The van der Waals surface area contributed by atoms with Gasteiger partial charge in [0.05, 0.1) is 19.1 Å². The lowest BCUT2D eigenvalue weighted by Gasteiger charge is -2.33. The molecule has 1 amide bonds. The normalized spacial score (nSPS) is 20.4. The smallest absolute Gasteiger partial charge is 0.306 e. The van der Waals surface area contributed by atoms with Gasteiger partial charge in [0, 0.05) is 13.1 Å². The first-order chi connectivity index (χ1) is 9.58. The lowest BCUT2D eigenvalue weighted by molar-refractivity contribution is -0.148. The number of hydrogen-bond acceptors (Lipinski definition) is 4. The minimum absolute atomic E-state index is 0.107. The SMILES string of the molecule is N[C@@H](C(=O)N1CCOC(CC(=O)O)C1)c1ccccc1. The van der Waals surface area contributed by atoms with Gasteiger partial charge in [0.15, 0.2) is 0 Å². The van der Waals surface area contributed by atoms with Crippen LogP contribution in [-0.4, -0.2) is 47.7 Å². The number of carboxylic acids is 1. The first-order valence-corrected chi connectivity index (χ1v) is 6.50. The van der Waals surface area contributed by atoms with Crippen LogP contribution >= 0.6 is 0 Å². The second-order valence-electron chi connectivity index (χ2n) is 4.76. The molecule has 2 atom stereocenters. The predicted octanol–water partition coefficient (Wildman–Crippen LogP) is 0.389. The first kappa shape index (κ1) is 14.5. The van der Waals surface area contributed by atoms with Crippen molar-refractivity contribution < 1.29 is 19.4 Å². The molecule has 0 saturated carbocycles. The third-order valence-corrected chi connectivity index (χ3v) is 3.28. The second kappa shape index (κ2) is 6.49. The molecule has 1 saturated heterocycles. The topological polar surface area (TPSA) is 92.9 Å². The molecule has 108 valence electrons. The molecule has 1 unspecified atom stereocenters. The zero-order chi connectivity index (χ0) is 14.5. The highest BCUT2D eigenvalue weighted by molar-refractivity contribution is 5.83. The van der Waals surface area contributed by atoms with E-state index in [-0.39, 0.29) is 18.9 Å². The van der Waals surface area contributed by atoms with Gasteiger partial charge in [-0.25, -0.2) is 0 Å². The van der Waals surface area contributed by atoms with Crippen molar-refractivity contribution in [1.82, 2.24) is 4.90 Å². The molecule has 3 N–H and O–H groups in total. The number of carboxylic acid groups (broad SMARTS) is 1. The summed E-state index contributed by atoms with van der Waals surface area (Å²) in [5.74, 6) is -1.13. The fourth-order valence-electron chi connectivity index (χ4n) is 2.24. The lowest BCUT2D eigenvalue weighted by Crippen LogP contribution is -2.49. The number of amides is 1. The Morgan fingerprint density at radius 3 is 2.75 bits per heavy atom. The van der Waals surface area contributed by atoms with Crippen LogP contribution in [-0.2, 0) is 14.3 Å². The molecule has 1 fully saturated rings. The maximum Gasteiger partial charge on any atom is 0.306 e. The second-order valence-corrected chi connectivity index (χ2v) is 4.76. The molecule has 0 aliphatic carbocycles. The molecule has 1 aromatic rings. The Hall–Kier alpha value is -1.92. The van der Waals surface area contributed by atoms with Crippen LogP contribution in [0.1, 0.15) is 18.0 Å². The van der Waals surface area contributed by atoms with Gasteiger partial charge < -0.3 is 20.5 Å². The van der Waals surface area contributed by atoms with E-state index < -0.39 is 18.1 Å². The standard InChI is InChI=1S/C14H18N2O4/c15-13(10-4-2-1-3-5-10)14(19)16-6-7-20-11(9-16)8-12(17)18/h1-5,11,13H,6-9,15H2,(H,17,18)/t11?,13-/m1/s1. The number of nitrogens with zero attached hydrogens (tertiary/aromatic N) is 1. The lowest BCUT2D eigenvalue weighted by atomic mass is 10.1. The first-order valence-electron chi connectivity index (χ1n) is 6.50. The molecule has 1 aliphatic heterocycles. The predicted molar refractivity (Wildman–Crippen MR) is 71.9 cm³/mol. The Morgan fingerprint density at radius 2 is 2.10 bits per heavy atom. The minimum Gasteiger partial charge on any atom is -0.481 e. The van der Waals surface area contributed by atoms with Crippen LogP contribution in [0.5, 0.6) is 0 Å². The van der Waals surface area contributed by atoms with E-state index in [0.29, 0.717) is 13.2 Å². The number of rotatable bonds is 4. The Bertz CT molecular complexity index is 477. The average molecular weight is 278 g/mol. The van der Waals surface area contributed by atoms with E-state index in [4.69, 9.17) is 15.6 Å². The van der Waals surface area contributed by atoms with Gasteiger partial charge in [-0.1, -0.05) is 30.3 Å². The number of carbonyl (C=O) groups is 2. The van der Waals surface area contributed by atoms with Crippen LogP contribution in [0.3, 0.4) is 0 Å². The van der Waals surface area contributed by atoms with Crippen molar-refractivity contribution in [3.63, 3.8) is 0 Å². The summed E-state index contributed by atoms with van der Waals surface area (Å²) < 4.78 is 5.34. The van der Waals surface area contributed by atoms with Crippen LogP contribution in [0.15, 0.2) is 30.3 Å². The van der Waals surface area contributed by atoms with Crippen molar-refractivity contribution in [2.45, 2.75) is 18.6 Å². The number of ether oxygens (including phenoxy) is 1. The monoisotopic (exact) mass is 278 g/mol. The molecule has 1 aromatic carbocycles. The summed E-state index contributed by atoms with van der Waals surface area (Å²) in [6, 6.07) is 8.40. The van der Waals surface area contributed by atoms with Gasteiger partial charge in [0.2, 0.25) is 5.91 Å². The van der Waals surface area contributed by atoms with Gasteiger partial charge >= 0.3 is 5.97 Å². The highest BCUT2D eigenvalue weighted by Gasteiger charge is 2.29. The Balaban J connectivity index is 1.99. The maximum atomic E-state index is 12.3. The highest BCUT2D eigenvalue weighted by Crippen LogP contribution is 2.16. The van der Waals surface area contributed by atoms with Crippen LogP contribution in [0.2, 0.25) is 0 Å². The number of carbonyl (C=O) groups excluding carboxylic acids is 1. The van der Waals surface area contributed by atoms with Crippen molar-refractivity contribution in [3.05, 3.63) is 35.9 Å². The Morgan fingerprint density at radius 1 is 1.40 bits per heavy atom. The van der Waals surface area contributed by atoms with Crippen molar-refractivity contribution in [1.29, 1.82) is 0 Å². The summed E-state index contributed by atoms with van der Waals surface area (Å²) >= 11 is 0. The molecule has 2 rings (SSSR count). The minimum atomic E-state index is -0.934. The van der Waals surface area contributed by atoms with Crippen molar-refractivity contribution in [2.24, 2.45) is 5.73 Å². The molecule has 0 bridgehead atoms. The fourth-order valence-corrected chi connectivity index (χ4v) is 2.24. The third kappa shape index (κ3) is 3.55. The van der Waals surface area contributed by atoms with E-state index in [2.05, 4.69) is 0 Å². The van der Waals surface area contributed by atoms with Crippen molar-refractivity contribution in [2.75, 3.05) is 19.7 Å². The van der Waals surface area contributed by atoms with E-state index in [1.54, 1.807) is 17.0 Å². The number of morpholine rings is 1. The number of aliphatic carboxylic acids is 1. The van der Waals surface area contributed by atoms with Gasteiger partial charge in [0.1, 0.15) is 6.04 Å². The molecule has 6 nitrogen and oxygen atoms in total. The van der Waals surface area contributed by atoms with Crippen LogP contribution in [0.4, 0.5) is 0 Å². The molecule has 1 heterocycles. The summed E-state index contributed by atoms with van der Waals surface area (Å²) in [6.45, 7) is 1.05. The third-order valence-electron chi connectivity index (χ3n) is 3.28. The Labute approximate surface area is 117 Å². The number of benzene rings is 1. The summed E-state index contributed by atoms with van der Waals surface area (Å²) in [7, 11) is 0. The van der Waals surface area contributed by atoms with Crippen LogP contribution in [0.25, 0.3) is 0 Å². The van der Waals surface area contributed by atoms with Crippen molar-refractivity contribution in [3.8, 4) is 0 Å². The summed E-state index contributed by atoms with van der Waals surface area (Å²) in [6.07, 6.45) is -0.571. The van der Waals surface area contributed by atoms with Gasteiger partial charge in [-0.3, -0.25) is 9.59 Å². The molecule has 0 aromatic heterocycles. The zero-order valence-corrected chi connectivity index (χ0v) is 11.1. The molecule has 6 heteroatoms. The van der Waals surface area contributed by atoms with E-state index in [9.17, 15) is 9.59 Å². The molecule has 0 radical (unpaired) electrons. The molecular formula is C14H18N2O4.